The van der Waals surface area contributed by atoms with Gasteiger partial charge in [0.25, 0.3) is 0 Å². The van der Waals surface area contributed by atoms with Crippen LogP contribution in [0.4, 0.5) is 5.69 Å². The van der Waals surface area contributed by atoms with Crippen LogP contribution in [0.15, 0.2) is 24.3 Å². The van der Waals surface area contributed by atoms with E-state index in [1.165, 1.54) is 7.11 Å². The van der Waals surface area contributed by atoms with Crippen LogP contribution in [0.5, 0.6) is 5.75 Å². The third-order valence-corrected chi connectivity index (χ3v) is 5.20. The molecule has 2 saturated heterocycles. The Bertz CT molecular complexity index is 729. The van der Waals surface area contributed by atoms with Gasteiger partial charge in [0, 0.05) is 26.2 Å². The van der Waals surface area contributed by atoms with Gasteiger partial charge in [0.05, 0.1) is 30.7 Å². The van der Waals surface area contributed by atoms with Crippen molar-refractivity contribution in [3.05, 3.63) is 24.3 Å². The standard InChI is InChI=1S/C19H24N2O6/c1-26-15-5-3-2-4-14(15)21-12-13(10-16(21)22)18(25)20-19(11-17(23)24)6-8-27-9-7-19/h2-5,13H,6-12H2,1H3,(H,20,25)(H,23,24). The van der Waals surface area contributed by atoms with Crippen LogP contribution in [-0.4, -0.2) is 55.3 Å². The minimum Gasteiger partial charge on any atom is -0.495 e. The van der Waals surface area contributed by atoms with E-state index in [-0.39, 0.29) is 31.2 Å². The van der Waals surface area contributed by atoms with Gasteiger partial charge in [-0.2, -0.15) is 0 Å². The van der Waals surface area contributed by atoms with Gasteiger partial charge in [-0.15, -0.1) is 0 Å². The van der Waals surface area contributed by atoms with Crippen LogP contribution in [-0.2, 0) is 19.1 Å². The fourth-order valence-electron chi connectivity index (χ4n) is 3.73. The maximum Gasteiger partial charge on any atom is 0.305 e. The summed E-state index contributed by atoms with van der Waals surface area (Å²) in [4.78, 5) is 38.1. The first-order valence-electron chi connectivity index (χ1n) is 8.99. The molecule has 1 aromatic carbocycles. The molecular formula is C19H24N2O6. The maximum atomic E-state index is 12.8. The fraction of sp³-hybridized carbons (Fsp3) is 0.526. The molecule has 1 unspecified atom stereocenters. The monoisotopic (exact) mass is 376 g/mol. The highest BCUT2D eigenvalue weighted by Gasteiger charge is 2.41. The number of methoxy groups -OCH3 is 1. The average molecular weight is 376 g/mol. The van der Waals surface area contributed by atoms with Gasteiger partial charge in [0.1, 0.15) is 5.75 Å². The van der Waals surface area contributed by atoms with E-state index >= 15 is 0 Å². The molecule has 27 heavy (non-hydrogen) atoms. The molecule has 2 N–H and O–H groups in total. The third kappa shape index (κ3) is 4.21. The number of carboxylic acid groups (broad SMARTS) is 1. The molecule has 2 heterocycles. The summed E-state index contributed by atoms with van der Waals surface area (Å²) in [5, 5.41) is 12.1. The number of aliphatic carboxylic acids is 1. The number of carbonyl (C=O) groups is 3. The summed E-state index contributed by atoms with van der Waals surface area (Å²) in [6, 6.07) is 7.16. The van der Waals surface area contributed by atoms with E-state index in [0.717, 1.165) is 0 Å². The number of anilines is 1. The second-order valence-corrected chi connectivity index (χ2v) is 7.03. The number of ether oxygens (including phenoxy) is 2. The number of carboxylic acids is 1. The van der Waals surface area contributed by atoms with Gasteiger partial charge in [-0.25, -0.2) is 0 Å². The van der Waals surface area contributed by atoms with Gasteiger partial charge in [-0.1, -0.05) is 12.1 Å². The van der Waals surface area contributed by atoms with E-state index in [4.69, 9.17) is 9.47 Å². The molecule has 0 radical (unpaired) electrons. The van der Waals surface area contributed by atoms with Crippen LogP contribution in [0.2, 0.25) is 0 Å². The molecule has 8 nitrogen and oxygen atoms in total. The molecule has 0 bridgehead atoms. The van der Waals surface area contributed by atoms with Crippen molar-refractivity contribution < 1.29 is 29.0 Å². The first-order chi connectivity index (χ1) is 12.9. The first kappa shape index (κ1) is 19.2. The van der Waals surface area contributed by atoms with E-state index in [0.29, 0.717) is 37.5 Å². The van der Waals surface area contributed by atoms with Gasteiger partial charge in [-0.3, -0.25) is 14.4 Å². The van der Waals surface area contributed by atoms with Gasteiger partial charge in [0.15, 0.2) is 0 Å². The molecule has 1 atom stereocenters. The average Bonchev–Trinajstić information content (AvgIpc) is 3.03. The van der Waals surface area contributed by atoms with Crippen LogP contribution in [0.1, 0.15) is 25.7 Å². The third-order valence-electron chi connectivity index (χ3n) is 5.20. The van der Waals surface area contributed by atoms with Gasteiger partial charge in [-0.05, 0) is 25.0 Å². The molecule has 2 aliphatic rings. The molecule has 2 fully saturated rings. The Kier molecular flexibility index (Phi) is 5.65. The number of amides is 2. The predicted octanol–water partition coefficient (Wildman–Crippen LogP) is 1.19. The summed E-state index contributed by atoms with van der Waals surface area (Å²) in [5.41, 5.74) is -0.186. The Morgan fingerprint density at radius 2 is 2.04 bits per heavy atom. The second kappa shape index (κ2) is 7.96. The minimum absolute atomic E-state index is 0.0868. The second-order valence-electron chi connectivity index (χ2n) is 7.03. The molecule has 0 saturated carbocycles. The molecule has 0 aromatic heterocycles. The van der Waals surface area contributed by atoms with Crippen molar-refractivity contribution in [2.24, 2.45) is 5.92 Å². The molecular weight excluding hydrogens is 352 g/mol. The molecule has 146 valence electrons. The summed E-state index contributed by atoms with van der Waals surface area (Å²) < 4.78 is 10.6. The van der Waals surface area contributed by atoms with Crippen LogP contribution < -0.4 is 15.0 Å². The molecule has 0 aliphatic carbocycles. The Hall–Kier alpha value is -2.61. The zero-order valence-corrected chi connectivity index (χ0v) is 15.3. The summed E-state index contributed by atoms with van der Waals surface area (Å²) in [7, 11) is 1.53. The summed E-state index contributed by atoms with van der Waals surface area (Å²) in [6.07, 6.45) is 0.826. The number of rotatable bonds is 6. The van der Waals surface area contributed by atoms with Crippen molar-refractivity contribution in [3.63, 3.8) is 0 Å². The lowest BCUT2D eigenvalue weighted by molar-refractivity contribution is -0.141. The summed E-state index contributed by atoms with van der Waals surface area (Å²) >= 11 is 0. The normalized spacial score (nSPS) is 21.7. The van der Waals surface area contributed by atoms with Crippen molar-refractivity contribution >= 4 is 23.5 Å². The van der Waals surface area contributed by atoms with Gasteiger partial charge >= 0.3 is 5.97 Å². The number of hydrogen-bond acceptors (Lipinski definition) is 5. The van der Waals surface area contributed by atoms with Crippen LogP contribution in [0.3, 0.4) is 0 Å². The first-order valence-corrected chi connectivity index (χ1v) is 8.99. The predicted molar refractivity (Wildman–Crippen MR) is 96.6 cm³/mol. The smallest absolute Gasteiger partial charge is 0.305 e. The fourth-order valence-corrected chi connectivity index (χ4v) is 3.73. The SMILES string of the molecule is COc1ccccc1N1CC(C(=O)NC2(CC(=O)O)CCOCC2)CC1=O. The van der Waals surface area contributed by atoms with Crippen LogP contribution in [0.25, 0.3) is 0 Å². The van der Waals surface area contributed by atoms with E-state index in [1.54, 1.807) is 17.0 Å². The van der Waals surface area contributed by atoms with E-state index < -0.39 is 17.4 Å². The zero-order valence-electron chi connectivity index (χ0n) is 15.3. The topological polar surface area (TPSA) is 105 Å². The van der Waals surface area contributed by atoms with Gasteiger partial charge < -0.3 is 24.8 Å². The molecule has 1 aromatic rings. The summed E-state index contributed by atoms with van der Waals surface area (Å²) in [5.74, 6) is -1.37. The highest BCUT2D eigenvalue weighted by molar-refractivity contribution is 6.01. The molecule has 2 aliphatic heterocycles. The van der Waals surface area contributed by atoms with Crippen molar-refractivity contribution in [1.82, 2.24) is 5.32 Å². The summed E-state index contributed by atoms with van der Waals surface area (Å²) in [6.45, 7) is 1.06. The number of hydrogen-bond donors (Lipinski definition) is 2. The van der Waals surface area contributed by atoms with Crippen molar-refractivity contribution in [2.45, 2.75) is 31.2 Å². The van der Waals surface area contributed by atoms with Crippen LogP contribution in [0, 0.1) is 5.92 Å². The molecule has 3 rings (SSSR count). The van der Waals surface area contributed by atoms with E-state index in [1.807, 2.05) is 12.1 Å². The lowest BCUT2D eigenvalue weighted by Gasteiger charge is -2.37. The quantitative estimate of drug-likeness (QED) is 0.773. The Morgan fingerprint density at radius 1 is 1.33 bits per heavy atom. The zero-order chi connectivity index (χ0) is 19.4. The van der Waals surface area contributed by atoms with E-state index in [2.05, 4.69) is 5.32 Å². The lowest BCUT2D eigenvalue weighted by atomic mass is 9.85. The van der Waals surface area contributed by atoms with E-state index in [9.17, 15) is 19.5 Å². The highest BCUT2D eigenvalue weighted by Crippen LogP contribution is 2.33. The Morgan fingerprint density at radius 3 is 2.70 bits per heavy atom. The largest absolute Gasteiger partial charge is 0.495 e. The number of benzene rings is 1. The minimum atomic E-state index is -0.963. The lowest BCUT2D eigenvalue weighted by Crippen LogP contribution is -2.54. The number of para-hydroxylation sites is 2. The van der Waals surface area contributed by atoms with Crippen LogP contribution >= 0.6 is 0 Å². The highest BCUT2D eigenvalue weighted by atomic mass is 16.5. The Labute approximate surface area is 157 Å². The van der Waals surface area contributed by atoms with Crippen molar-refractivity contribution in [3.8, 4) is 5.75 Å². The van der Waals surface area contributed by atoms with Crippen molar-refractivity contribution in [2.75, 3.05) is 31.8 Å². The van der Waals surface area contributed by atoms with Crippen molar-refractivity contribution in [1.29, 1.82) is 0 Å². The Balaban J connectivity index is 1.72. The molecule has 2 amide bonds. The van der Waals surface area contributed by atoms with Gasteiger partial charge in [0.2, 0.25) is 11.8 Å². The molecule has 0 spiro atoms. The maximum absolute atomic E-state index is 12.8. The molecule has 8 heteroatoms. The number of nitrogens with one attached hydrogen (secondary N) is 1. The number of nitrogens with zero attached hydrogens (tertiary/aromatic N) is 1. The number of carbonyl (C=O) groups excluding carboxylic acids is 2.